The zero-order chi connectivity index (χ0) is 23.0. The Bertz CT molecular complexity index is 2090. The Morgan fingerprint density at radius 3 is 2.26 bits per heavy atom. The fraction of sp³-hybridized carbons (Fsp3) is 0.0625. The Balaban J connectivity index is 1.59. The minimum atomic E-state index is 0.153. The molecule has 162 valence electrons. The molecule has 0 spiro atoms. The highest BCUT2D eigenvalue weighted by atomic mass is 15.0. The molecule has 2 aliphatic heterocycles. The second-order valence-corrected chi connectivity index (χ2v) is 10.3. The predicted molar refractivity (Wildman–Crippen MR) is 149 cm³/mol. The van der Waals surface area contributed by atoms with Crippen molar-refractivity contribution in [3.63, 3.8) is 0 Å². The molecule has 2 aliphatic rings. The summed E-state index contributed by atoms with van der Waals surface area (Å²) in [5.41, 5.74) is 14.9. The number of para-hydroxylation sites is 3. The highest BCUT2D eigenvalue weighted by Crippen LogP contribution is 2.43. The highest BCUT2D eigenvalue weighted by molar-refractivity contribution is 6.90. The van der Waals surface area contributed by atoms with Crippen LogP contribution in [-0.2, 0) is 0 Å². The van der Waals surface area contributed by atoms with Gasteiger partial charge in [0.25, 0.3) is 0 Å². The van der Waals surface area contributed by atoms with Crippen LogP contribution in [0, 0.1) is 13.8 Å². The van der Waals surface area contributed by atoms with Crippen molar-refractivity contribution >= 4 is 61.4 Å². The largest absolute Gasteiger partial charge is 0.375 e. The summed E-state index contributed by atoms with van der Waals surface area (Å²) in [6, 6.07) is 34.3. The number of hydrogen-bond acceptors (Lipinski definition) is 0. The lowest BCUT2D eigenvalue weighted by molar-refractivity contribution is 1.16. The Morgan fingerprint density at radius 2 is 1.34 bits per heavy atom. The van der Waals surface area contributed by atoms with Gasteiger partial charge in [0.2, 0.25) is 0 Å². The van der Waals surface area contributed by atoms with E-state index in [2.05, 4.69) is 114 Å². The zero-order valence-electron chi connectivity index (χ0n) is 19.6. The summed E-state index contributed by atoms with van der Waals surface area (Å²) in [4.78, 5) is 0. The van der Waals surface area contributed by atoms with Gasteiger partial charge in [-0.15, -0.1) is 0 Å². The third-order valence-corrected chi connectivity index (χ3v) is 8.42. The molecule has 2 aromatic heterocycles. The van der Waals surface area contributed by atoms with Crippen molar-refractivity contribution in [2.24, 2.45) is 0 Å². The van der Waals surface area contributed by atoms with Gasteiger partial charge in [-0.1, -0.05) is 78.4 Å². The second kappa shape index (κ2) is 5.87. The molecule has 0 atom stereocenters. The lowest BCUT2D eigenvalue weighted by atomic mass is 9.45. The molecule has 0 fully saturated rings. The molecule has 0 saturated heterocycles. The summed E-state index contributed by atoms with van der Waals surface area (Å²) in [5, 5.41) is 5.39. The number of aromatic nitrogens is 2. The van der Waals surface area contributed by atoms with Crippen LogP contribution < -0.4 is 10.9 Å². The Hall–Kier alpha value is -4.24. The molecule has 2 nitrogen and oxygen atoms in total. The number of fused-ring (bicyclic) bond motifs is 10. The van der Waals surface area contributed by atoms with E-state index >= 15 is 0 Å². The van der Waals surface area contributed by atoms with Gasteiger partial charge >= 0.3 is 6.85 Å². The fourth-order valence-electron chi connectivity index (χ4n) is 7.30. The molecule has 0 amide bonds. The lowest BCUT2D eigenvalue weighted by Crippen LogP contribution is -2.55. The van der Waals surface area contributed by atoms with Crippen molar-refractivity contribution < 1.29 is 0 Å². The molecule has 0 saturated carbocycles. The molecule has 9 rings (SSSR count). The zero-order valence-corrected chi connectivity index (χ0v) is 19.6. The van der Waals surface area contributed by atoms with Crippen molar-refractivity contribution in [3.05, 3.63) is 102 Å². The van der Waals surface area contributed by atoms with Crippen LogP contribution in [0.1, 0.15) is 11.1 Å². The minimum absolute atomic E-state index is 0.153. The maximum Gasteiger partial charge on any atom is 0.333 e. The molecule has 3 heteroatoms. The first-order valence-corrected chi connectivity index (χ1v) is 12.4. The van der Waals surface area contributed by atoms with Gasteiger partial charge in [0.1, 0.15) is 0 Å². The SMILES string of the molecule is Cc1cc(C)c2c(c1)c1cccc3c1n2-c1cccc2c1B3n1c3ccccc3c3cccc-2c31. The molecule has 0 unspecified atom stereocenters. The molecule has 0 radical (unpaired) electrons. The van der Waals surface area contributed by atoms with E-state index < -0.39 is 0 Å². The van der Waals surface area contributed by atoms with Gasteiger partial charge in [-0.25, -0.2) is 0 Å². The van der Waals surface area contributed by atoms with Crippen LogP contribution in [0.15, 0.2) is 91.0 Å². The molecule has 0 N–H and O–H groups in total. The van der Waals surface area contributed by atoms with Crippen molar-refractivity contribution in [2.75, 3.05) is 0 Å². The Labute approximate surface area is 203 Å². The molecular formula is C32H21BN2. The predicted octanol–water partition coefficient (Wildman–Crippen LogP) is 6.46. The lowest BCUT2D eigenvalue weighted by Gasteiger charge is -2.34. The molecule has 0 aliphatic carbocycles. The van der Waals surface area contributed by atoms with Gasteiger partial charge in [-0.3, -0.25) is 0 Å². The molecule has 0 bridgehead atoms. The third kappa shape index (κ3) is 1.94. The first-order valence-electron chi connectivity index (χ1n) is 12.4. The van der Waals surface area contributed by atoms with Gasteiger partial charge in [0, 0.05) is 43.8 Å². The first kappa shape index (κ1) is 18.1. The van der Waals surface area contributed by atoms with Gasteiger partial charge in [0.15, 0.2) is 0 Å². The Morgan fingerprint density at radius 1 is 0.600 bits per heavy atom. The number of hydrogen-bond donors (Lipinski definition) is 0. The van der Waals surface area contributed by atoms with Crippen LogP contribution in [0.3, 0.4) is 0 Å². The van der Waals surface area contributed by atoms with Crippen LogP contribution in [-0.4, -0.2) is 15.9 Å². The summed E-state index contributed by atoms with van der Waals surface area (Å²) in [6.45, 7) is 4.62. The molecule has 35 heavy (non-hydrogen) atoms. The van der Waals surface area contributed by atoms with Crippen LogP contribution in [0.5, 0.6) is 0 Å². The first-order chi connectivity index (χ1) is 17.2. The molecule has 7 aromatic rings. The van der Waals surface area contributed by atoms with Gasteiger partial charge in [-0.2, -0.15) is 0 Å². The van der Waals surface area contributed by atoms with E-state index in [1.807, 2.05) is 0 Å². The second-order valence-electron chi connectivity index (χ2n) is 10.3. The standard InChI is InChI=1S/C32H21BN2/c1-18-16-19(2)30-25(17-18)24-12-6-13-26-32(24)34(30)28-15-7-9-21-23-11-5-10-22-20-8-3-4-14-27(20)35(31(22)23)33(26)29(21)28/h3-17H,1-2H3. The molecule has 4 heterocycles. The summed E-state index contributed by atoms with van der Waals surface area (Å²) < 4.78 is 5.18. The van der Waals surface area contributed by atoms with Crippen molar-refractivity contribution in [1.82, 2.24) is 9.05 Å². The molecular weight excluding hydrogens is 423 g/mol. The normalized spacial score (nSPS) is 13.4. The number of rotatable bonds is 0. The third-order valence-electron chi connectivity index (χ3n) is 8.42. The van der Waals surface area contributed by atoms with Crippen LogP contribution >= 0.6 is 0 Å². The topological polar surface area (TPSA) is 9.86 Å². The van der Waals surface area contributed by atoms with E-state index in [-0.39, 0.29) is 6.85 Å². The molecule has 5 aromatic carbocycles. The number of aryl methyl sites for hydroxylation is 2. The average molecular weight is 444 g/mol. The van der Waals surface area contributed by atoms with E-state index in [1.54, 1.807) is 0 Å². The van der Waals surface area contributed by atoms with Gasteiger partial charge in [-0.05, 0) is 54.1 Å². The summed E-state index contributed by atoms with van der Waals surface area (Å²) in [7, 11) is 0. The van der Waals surface area contributed by atoms with Crippen molar-refractivity contribution in [1.29, 1.82) is 0 Å². The maximum atomic E-state index is 2.62. The van der Waals surface area contributed by atoms with E-state index in [0.29, 0.717) is 0 Å². The monoisotopic (exact) mass is 444 g/mol. The van der Waals surface area contributed by atoms with E-state index in [4.69, 9.17) is 0 Å². The van der Waals surface area contributed by atoms with Crippen molar-refractivity contribution in [3.8, 4) is 16.8 Å². The van der Waals surface area contributed by atoms with Gasteiger partial charge < -0.3 is 9.05 Å². The average Bonchev–Trinajstić information content (AvgIpc) is 3.39. The van der Waals surface area contributed by atoms with E-state index in [1.165, 1.54) is 82.5 Å². The van der Waals surface area contributed by atoms with E-state index in [0.717, 1.165) is 0 Å². The minimum Gasteiger partial charge on any atom is -0.375 e. The van der Waals surface area contributed by atoms with Crippen LogP contribution in [0.4, 0.5) is 0 Å². The number of benzene rings is 5. The maximum absolute atomic E-state index is 2.62. The summed E-state index contributed by atoms with van der Waals surface area (Å²) in [5.74, 6) is 0. The Kier molecular flexibility index (Phi) is 3.04. The highest BCUT2D eigenvalue weighted by Gasteiger charge is 2.40. The van der Waals surface area contributed by atoms with E-state index in [9.17, 15) is 0 Å². The summed E-state index contributed by atoms with van der Waals surface area (Å²) >= 11 is 0. The fourth-order valence-corrected chi connectivity index (χ4v) is 7.30. The quantitative estimate of drug-likeness (QED) is 0.238. The smallest absolute Gasteiger partial charge is 0.333 e. The van der Waals surface area contributed by atoms with Gasteiger partial charge in [0.05, 0.1) is 11.0 Å². The number of nitrogens with zero attached hydrogens (tertiary/aromatic N) is 2. The van der Waals surface area contributed by atoms with Crippen LogP contribution in [0.25, 0.3) is 60.4 Å². The van der Waals surface area contributed by atoms with Crippen molar-refractivity contribution in [2.45, 2.75) is 13.8 Å². The van der Waals surface area contributed by atoms with Crippen LogP contribution in [0.2, 0.25) is 0 Å². The summed E-state index contributed by atoms with van der Waals surface area (Å²) in [6.07, 6.45) is 0.